The summed E-state index contributed by atoms with van der Waals surface area (Å²) in [7, 11) is 1.72. The highest BCUT2D eigenvalue weighted by atomic mass is 16.5. The molecule has 160 valence electrons. The summed E-state index contributed by atoms with van der Waals surface area (Å²) >= 11 is 0. The number of fused-ring (bicyclic) bond motifs is 3. The van der Waals surface area contributed by atoms with Crippen molar-refractivity contribution in [2.24, 2.45) is 0 Å². The number of nitrogens with zero attached hydrogens (tertiary/aromatic N) is 3. The number of ether oxygens (including phenoxy) is 1. The predicted molar refractivity (Wildman–Crippen MR) is 123 cm³/mol. The van der Waals surface area contributed by atoms with Gasteiger partial charge in [0.05, 0.1) is 12.6 Å². The van der Waals surface area contributed by atoms with Gasteiger partial charge in [-0.3, -0.25) is 9.69 Å². The van der Waals surface area contributed by atoms with Crippen LogP contribution in [0.1, 0.15) is 46.6 Å². The molecule has 2 aromatic carbocycles. The molecule has 0 spiro atoms. The summed E-state index contributed by atoms with van der Waals surface area (Å²) in [4.78, 5) is 22.5. The van der Waals surface area contributed by atoms with Gasteiger partial charge in [0.15, 0.2) is 0 Å². The molecular formula is C26H29N3O2. The number of piperazine rings is 1. The summed E-state index contributed by atoms with van der Waals surface area (Å²) < 4.78 is 5.48. The Bertz CT molecular complexity index is 1160. The van der Waals surface area contributed by atoms with Crippen LogP contribution in [-0.2, 0) is 0 Å². The van der Waals surface area contributed by atoms with Crippen LogP contribution >= 0.6 is 0 Å². The lowest BCUT2D eigenvalue weighted by atomic mass is 9.96. The first-order chi connectivity index (χ1) is 15.0. The zero-order valence-electron chi connectivity index (χ0n) is 18.6. The van der Waals surface area contributed by atoms with E-state index >= 15 is 0 Å². The van der Waals surface area contributed by atoms with Crippen LogP contribution in [0.3, 0.4) is 0 Å². The molecule has 2 saturated heterocycles. The fraction of sp³-hybridized carbons (Fsp3) is 0.385. The molecule has 1 amide bonds. The highest BCUT2D eigenvalue weighted by Gasteiger charge is 2.47. The van der Waals surface area contributed by atoms with Gasteiger partial charge < -0.3 is 9.64 Å². The third-order valence-corrected chi connectivity index (χ3v) is 7.31. The van der Waals surface area contributed by atoms with E-state index < -0.39 is 0 Å². The van der Waals surface area contributed by atoms with Crippen molar-refractivity contribution >= 4 is 16.8 Å². The van der Waals surface area contributed by atoms with Gasteiger partial charge in [-0.2, -0.15) is 0 Å². The summed E-state index contributed by atoms with van der Waals surface area (Å²) in [5.41, 5.74) is 5.27. The molecular weight excluding hydrogens is 386 g/mol. The van der Waals surface area contributed by atoms with E-state index in [0.717, 1.165) is 36.2 Å². The molecule has 1 aromatic heterocycles. The summed E-state index contributed by atoms with van der Waals surface area (Å²) in [5, 5.41) is 1.06. The van der Waals surface area contributed by atoms with E-state index in [1.54, 1.807) is 7.11 Å². The van der Waals surface area contributed by atoms with Gasteiger partial charge in [0.25, 0.3) is 5.91 Å². The Balaban J connectivity index is 1.33. The molecule has 0 aliphatic carbocycles. The van der Waals surface area contributed by atoms with Gasteiger partial charge in [0, 0.05) is 36.6 Å². The highest BCUT2D eigenvalue weighted by Crippen LogP contribution is 2.39. The molecule has 5 rings (SSSR count). The Morgan fingerprint density at radius 3 is 2.58 bits per heavy atom. The van der Waals surface area contributed by atoms with Crippen LogP contribution < -0.4 is 4.74 Å². The number of carbonyl (C=O) groups is 1. The molecule has 5 nitrogen and oxygen atoms in total. The van der Waals surface area contributed by atoms with Gasteiger partial charge in [-0.25, -0.2) is 4.98 Å². The van der Waals surface area contributed by atoms with Crippen molar-refractivity contribution in [1.82, 2.24) is 14.8 Å². The van der Waals surface area contributed by atoms with Gasteiger partial charge in [0.1, 0.15) is 11.4 Å². The van der Waals surface area contributed by atoms with E-state index in [1.807, 2.05) is 41.3 Å². The Morgan fingerprint density at radius 2 is 1.84 bits per heavy atom. The minimum atomic E-state index is 0.0574. The number of carbonyl (C=O) groups excluding carboxylic acids is 1. The van der Waals surface area contributed by atoms with Crippen LogP contribution in [0.4, 0.5) is 0 Å². The number of methoxy groups -OCH3 is 1. The normalized spacial score (nSPS) is 21.6. The third-order valence-electron chi connectivity index (χ3n) is 7.31. The lowest BCUT2D eigenvalue weighted by Gasteiger charge is -2.38. The summed E-state index contributed by atoms with van der Waals surface area (Å²) in [6.45, 7) is 8.27. The largest absolute Gasteiger partial charge is 0.496 e. The molecule has 0 N–H and O–H groups in total. The lowest BCUT2D eigenvalue weighted by molar-refractivity contribution is 0.0564. The molecule has 31 heavy (non-hydrogen) atoms. The molecule has 3 heterocycles. The van der Waals surface area contributed by atoms with Gasteiger partial charge in [-0.05, 0) is 62.1 Å². The van der Waals surface area contributed by atoms with Crippen molar-refractivity contribution in [2.75, 3.05) is 20.2 Å². The number of para-hydroxylation sites is 1. The van der Waals surface area contributed by atoms with Crippen LogP contribution in [0.15, 0.2) is 48.5 Å². The van der Waals surface area contributed by atoms with E-state index in [2.05, 4.69) is 42.8 Å². The van der Waals surface area contributed by atoms with Crippen LogP contribution in [0.25, 0.3) is 10.9 Å². The van der Waals surface area contributed by atoms with Gasteiger partial charge >= 0.3 is 0 Å². The molecule has 0 unspecified atom stereocenters. The number of amides is 1. The average molecular weight is 416 g/mol. The number of rotatable bonds is 4. The smallest absolute Gasteiger partial charge is 0.272 e. The first kappa shape index (κ1) is 20.0. The number of hydrogen-bond donors (Lipinski definition) is 0. The van der Waals surface area contributed by atoms with E-state index in [4.69, 9.17) is 4.74 Å². The number of hydrogen-bond acceptors (Lipinski definition) is 4. The summed E-state index contributed by atoms with van der Waals surface area (Å²) in [6, 6.07) is 17.0. The van der Waals surface area contributed by atoms with Crippen LogP contribution in [-0.4, -0.2) is 53.0 Å². The zero-order chi connectivity index (χ0) is 21.7. The minimum Gasteiger partial charge on any atom is -0.496 e. The maximum Gasteiger partial charge on any atom is 0.272 e. The van der Waals surface area contributed by atoms with Crippen molar-refractivity contribution < 1.29 is 9.53 Å². The predicted octanol–water partition coefficient (Wildman–Crippen LogP) is 4.52. The van der Waals surface area contributed by atoms with Crippen LogP contribution in [0.5, 0.6) is 5.75 Å². The summed E-state index contributed by atoms with van der Waals surface area (Å²) in [6.07, 6.45) is 1.04. The van der Waals surface area contributed by atoms with E-state index in [-0.39, 0.29) is 11.9 Å². The van der Waals surface area contributed by atoms with E-state index in [9.17, 15) is 4.79 Å². The number of aromatic nitrogens is 1. The quantitative estimate of drug-likeness (QED) is 0.629. The van der Waals surface area contributed by atoms with Crippen molar-refractivity contribution in [3.8, 4) is 5.75 Å². The second-order valence-corrected chi connectivity index (χ2v) is 8.87. The van der Waals surface area contributed by atoms with E-state index in [1.165, 1.54) is 16.7 Å². The third kappa shape index (κ3) is 3.28. The topological polar surface area (TPSA) is 45.7 Å². The molecule has 3 atom stereocenters. The maximum atomic E-state index is 13.2. The first-order valence-electron chi connectivity index (χ1n) is 11.0. The van der Waals surface area contributed by atoms with Crippen molar-refractivity contribution in [1.29, 1.82) is 0 Å². The first-order valence-corrected chi connectivity index (χ1v) is 11.0. The molecule has 0 saturated carbocycles. The van der Waals surface area contributed by atoms with Gasteiger partial charge in [-0.1, -0.05) is 30.3 Å². The van der Waals surface area contributed by atoms with E-state index in [0.29, 0.717) is 17.8 Å². The fourth-order valence-corrected chi connectivity index (χ4v) is 5.42. The molecule has 0 radical (unpaired) electrons. The van der Waals surface area contributed by atoms with Crippen molar-refractivity contribution in [3.63, 3.8) is 0 Å². The fourth-order valence-electron chi connectivity index (χ4n) is 5.42. The van der Waals surface area contributed by atoms with Crippen molar-refractivity contribution in [3.05, 3.63) is 70.9 Å². The lowest BCUT2D eigenvalue weighted by Crippen LogP contribution is -2.49. The molecule has 2 aliphatic heterocycles. The SMILES string of the molecule is COc1ccc([C@H](C)N2C[C@H]3C[C@@H]2CN3C(=O)c2ccc3ccccc3n2)c(C)c1C. The highest BCUT2D eigenvalue weighted by molar-refractivity contribution is 5.95. The maximum absolute atomic E-state index is 13.2. The van der Waals surface area contributed by atoms with Gasteiger partial charge in [-0.15, -0.1) is 0 Å². The molecule has 2 fully saturated rings. The Morgan fingerprint density at radius 1 is 1.03 bits per heavy atom. The number of pyridine rings is 1. The number of likely N-dealkylation sites (tertiary alicyclic amines) is 2. The summed E-state index contributed by atoms with van der Waals surface area (Å²) in [5.74, 6) is 0.998. The Labute approximate surface area is 183 Å². The standard InChI is InChI=1S/C26H29N3O2/c1-16-17(2)25(31-4)12-10-22(16)18(3)28-14-21-13-20(28)15-29(21)26(30)24-11-9-19-7-5-6-8-23(19)27-24/h5-12,18,20-21H,13-15H2,1-4H3/t18-,20+,21+/m0/s1. The minimum absolute atomic E-state index is 0.0574. The molecule has 2 aliphatic rings. The Hall–Kier alpha value is -2.92. The van der Waals surface area contributed by atoms with Crippen LogP contribution in [0, 0.1) is 13.8 Å². The molecule has 3 aromatic rings. The second kappa shape index (κ2) is 7.65. The monoisotopic (exact) mass is 415 g/mol. The van der Waals surface area contributed by atoms with Crippen molar-refractivity contribution in [2.45, 2.75) is 45.3 Å². The van der Waals surface area contributed by atoms with Gasteiger partial charge in [0.2, 0.25) is 0 Å². The molecule has 2 bridgehead atoms. The number of benzene rings is 2. The second-order valence-electron chi connectivity index (χ2n) is 8.87. The van der Waals surface area contributed by atoms with Crippen LogP contribution in [0.2, 0.25) is 0 Å². The zero-order valence-corrected chi connectivity index (χ0v) is 18.6. The average Bonchev–Trinajstić information content (AvgIpc) is 3.41. The Kier molecular flexibility index (Phi) is 4.94. The molecule has 5 heteroatoms.